The molecule has 0 radical (unpaired) electrons. The third kappa shape index (κ3) is 3.59. The van der Waals surface area contributed by atoms with Gasteiger partial charge in [0, 0.05) is 16.3 Å². The molecule has 6 heteroatoms. The molecule has 2 aromatic carbocycles. The molecule has 0 spiro atoms. The minimum absolute atomic E-state index is 0. The maximum absolute atomic E-state index is 6.05. The number of nitrogens with zero attached hydrogens (tertiary/aromatic N) is 2. The Bertz CT molecular complexity index is 862. The van der Waals surface area contributed by atoms with Crippen LogP contribution in [0, 0.1) is 0 Å². The molecule has 2 heterocycles. The Labute approximate surface area is 167 Å². The highest BCUT2D eigenvalue weighted by molar-refractivity contribution is 7.99. The van der Waals surface area contributed by atoms with E-state index in [0.717, 1.165) is 34.3 Å². The molecule has 0 N–H and O–H groups in total. The summed E-state index contributed by atoms with van der Waals surface area (Å²) in [6.07, 6.45) is 2.23. The minimum atomic E-state index is 0. The van der Waals surface area contributed by atoms with Gasteiger partial charge in [0.1, 0.15) is 24.2 Å². The van der Waals surface area contributed by atoms with E-state index >= 15 is 0 Å². The molecular formula is C19H18BrClN2OS. The summed E-state index contributed by atoms with van der Waals surface area (Å²) >= 11 is 7.94. The number of rotatable bonds is 4. The number of hydrogen-bond acceptors (Lipinski definition) is 2. The Morgan fingerprint density at radius 3 is 2.52 bits per heavy atom. The average molecular weight is 438 g/mol. The molecule has 25 heavy (non-hydrogen) atoms. The molecule has 0 atom stereocenters. The number of benzene rings is 2. The number of imidazole rings is 1. The number of ether oxygens (including phenoxy) is 1. The molecule has 0 fully saturated rings. The van der Waals surface area contributed by atoms with Gasteiger partial charge >= 0.3 is 5.16 Å². The van der Waals surface area contributed by atoms with E-state index in [1.54, 1.807) is 0 Å². The van der Waals surface area contributed by atoms with E-state index in [9.17, 15) is 0 Å². The Hall–Kier alpha value is -1.43. The van der Waals surface area contributed by atoms with E-state index in [1.807, 2.05) is 43.0 Å². The van der Waals surface area contributed by atoms with Crippen molar-refractivity contribution >= 4 is 23.4 Å². The Balaban J connectivity index is 0.00000182. The first kappa shape index (κ1) is 18.4. The van der Waals surface area contributed by atoms with Crippen LogP contribution in [-0.2, 0) is 6.54 Å². The topological polar surface area (TPSA) is 18.0 Å². The van der Waals surface area contributed by atoms with Gasteiger partial charge in [0.15, 0.2) is 5.69 Å². The third-order valence-electron chi connectivity index (χ3n) is 4.07. The highest BCUT2D eigenvalue weighted by atomic mass is 79.9. The molecule has 3 nitrogen and oxygen atoms in total. The Morgan fingerprint density at radius 1 is 1.12 bits per heavy atom. The zero-order valence-electron chi connectivity index (χ0n) is 13.8. The summed E-state index contributed by atoms with van der Waals surface area (Å²) in [5.41, 5.74) is 3.49. The van der Waals surface area contributed by atoms with Crippen LogP contribution in [0.25, 0.3) is 16.9 Å². The molecule has 1 aliphatic rings. The fourth-order valence-electron chi connectivity index (χ4n) is 2.97. The summed E-state index contributed by atoms with van der Waals surface area (Å²) in [5.74, 6) is 2.02. The van der Waals surface area contributed by atoms with Gasteiger partial charge in [-0.1, -0.05) is 11.6 Å². The lowest BCUT2D eigenvalue weighted by Crippen LogP contribution is -3.00. The number of fused-ring (bicyclic) bond motifs is 1. The predicted octanol–water partition coefficient (Wildman–Crippen LogP) is 1.59. The largest absolute Gasteiger partial charge is 1.00 e. The molecule has 1 aliphatic heterocycles. The van der Waals surface area contributed by atoms with E-state index in [2.05, 4.69) is 39.6 Å². The molecule has 0 saturated heterocycles. The van der Waals surface area contributed by atoms with Crippen molar-refractivity contribution in [3.63, 3.8) is 0 Å². The number of aryl methyl sites for hydroxylation is 1. The van der Waals surface area contributed by atoms with Crippen LogP contribution in [-0.4, -0.2) is 16.9 Å². The second-order valence-electron chi connectivity index (χ2n) is 5.61. The fraction of sp³-hybridized carbons (Fsp3) is 0.211. The lowest BCUT2D eigenvalue weighted by atomic mass is 10.1. The van der Waals surface area contributed by atoms with Crippen LogP contribution in [0.3, 0.4) is 0 Å². The highest BCUT2D eigenvalue weighted by Gasteiger charge is 2.30. The van der Waals surface area contributed by atoms with Crippen LogP contribution < -0.4 is 26.3 Å². The van der Waals surface area contributed by atoms with Crippen LogP contribution in [0.1, 0.15) is 6.92 Å². The van der Waals surface area contributed by atoms with E-state index in [4.69, 9.17) is 16.3 Å². The van der Waals surface area contributed by atoms with Crippen molar-refractivity contribution < 1.29 is 26.3 Å². The fourth-order valence-corrected chi connectivity index (χ4v) is 4.21. The lowest BCUT2D eigenvalue weighted by molar-refractivity contribution is -0.723. The Morgan fingerprint density at radius 2 is 1.84 bits per heavy atom. The second-order valence-corrected chi connectivity index (χ2v) is 7.11. The van der Waals surface area contributed by atoms with Gasteiger partial charge in [-0.15, -0.1) is 0 Å². The minimum Gasteiger partial charge on any atom is -1.00 e. The smallest absolute Gasteiger partial charge is 0.323 e. The molecule has 3 aromatic rings. The zero-order valence-corrected chi connectivity index (χ0v) is 16.9. The molecule has 0 bridgehead atoms. The maximum atomic E-state index is 6.05. The highest BCUT2D eigenvalue weighted by Crippen LogP contribution is 2.32. The molecule has 0 unspecified atom stereocenters. The standard InChI is InChI=1S/C19H18ClN2OS.BrH/c1-2-23-17-9-7-16(8-10-17)22-18(13-21-11-12-24-19(21)22)14-3-5-15(20)6-4-14;/h3-10,13H,2,11-12H2,1H3;1H/q+1;/p-1. The van der Waals surface area contributed by atoms with Gasteiger partial charge in [0.05, 0.1) is 6.61 Å². The number of aromatic nitrogens is 2. The van der Waals surface area contributed by atoms with E-state index < -0.39 is 0 Å². The van der Waals surface area contributed by atoms with Crippen molar-refractivity contribution in [3.8, 4) is 22.7 Å². The summed E-state index contributed by atoms with van der Waals surface area (Å²) in [6.45, 7) is 3.73. The second kappa shape index (κ2) is 7.85. The van der Waals surface area contributed by atoms with E-state index in [1.165, 1.54) is 10.9 Å². The molecule has 0 aliphatic carbocycles. The molecule has 0 amide bonds. The number of hydrogen-bond donors (Lipinski definition) is 0. The summed E-state index contributed by atoms with van der Waals surface area (Å²) in [5, 5.41) is 2.02. The van der Waals surface area contributed by atoms with Crippen molar-refractivity contribution in [2.24, 2.45) is 0 Å². The van der Waals surface area contributed by atoms with Crippen LogP contribution in [0.5, 0.6) is 5.75 Å². The van der Waals surface area contributed by atoms with Gasteiger partial charge in [-0.05, 0) is 67.2 Å². The lowest BCUT2D eigenvalue weighted by Gasteiger charge is -2.06. The first-order chi connectivity index (χ1) is 11.8. The average Bonchev–Trinajstić information content (AvgIpc) is 3.18. The first-order valence-electron chi connectivity index (χ1n) is 8.03. The molecule has 4 rings (SSSR count). The Kier molecular flexibility index (Phi) is 5.77. The SMILES string of the molecule is CCOc1ccc(-n2c(-c3ccc(Cl)cc3)c[n+]3c2SCC3)cc1.[Br-]. The maximum Gasteiger partial charge on any atom is 0.323 e. The van der Waals surface area contributed by atoms with Crippen molar-refractivity contribution in [1.29, 1.82) is 0 Å². The molecule has 1 aromatic heterocycles. The molecule has 130 valence electrons. The third-order valence-corrected chi connectivity index (χ3v) is 5.38. The van der Waals surface area contributed by atoms with Crippen molar-refractivity contribution in [3.05, 3.63) is 59.8 Å². The van der Waals surface area contributed by atoms with Gasteiger partial charge in [-0.25, -0.2) is 4.57 Å². The quantitative estimate of drug-likeness (QED) is 0.577. The van der Waals surface area contributed by atoms with Gasteiger partial charge in [-0.3, -0.25) is 0 Å². The number of thioether (sulfide) groups is 1. The van der Waals surface area contributed by atoms with Crippen molar-refractivity contribution in [2.75, 3.05) is 12.4 Å². The van der Waals surface area contributed by atoms with E-state index in [-0.39, 0.29) is 17.0 Å². The van der Waals surface area contributed by atoms with Gasteiger partial charge in [0.25, 0.3) is 0 Å². The van der Waals surface area contributed by atoms with Crippen molar-refractivity contribution in [2.45, 2.75) is 18.6 Å². The normalized spacial score (nSPS) is 12.6. The summed E-state index contributed by atoms with van der Waals surface area (Å²) in [4.78, 5) is 0. The summed E-state index contributed by atoms with van der Waals surface area (Å²) in [6, 6.07) is 16.3. The van der Waals surface area contributed by atoms with Gasteiger partial charge < -0.3 is 21.7 Å². The van der Waals surface area contributed by atoms with Crippen LogP contribution in [0.15, 0.2) is 59.9 Å². The summed E-state index contributed by atoms with van der Waals surface area (Å²) in [7, 11) is 0. The zero-order chi connectivity index (χ0) is 16.5. The predicted molar refractivity (Wildman–Crippen MR) is 98.3 cm³/mol. The first-order valence-corrected chi connectivity index (χ1v) is 9.40. The van der Waals surface area contributed by atoms with Gasteiger partial charge in [-0.2, -0.15) is 4.57 Å². The van der Waals surface area contributed by atoms with Crippen LogP contribution in [0.4, 0.5) is 0 Å². The monoisotopic (exact) mass is 436 g/mol. The van der Waals surface area contributed by atoms with Gasteiger partial charge in [0.2, 0.25) is 0 Å². The summed E-state index contributed by atoms with van der Waals surface area (Å²) < 4.78 is 10.2. The van der Waals surface area contributed by atoms with Crippen molar-refractivity contribution in [1.82, 2.24) is 4.57 Å². The van der Waals surface area contributed by atoms with Crippen LogP contribution >= 0.6 is 23.4 Å². The van der Waals surface area contributed by atoms with Crippen LogP contribution in [0.2, 0.25) is 5.02 Å². The number of halogens is 2. The molecule has 0 saturated carbocycles. The molecular weight excluding hydrogens is 420 g/mol. The van der Waals surface area contributed by atoms with E-state index in [0.29, 0.717) is 6.61 Å².